The molecule has 0 spiro atoms. The first kappa shape index (κ1) is 15.4. The van der Waals surface area contributed by atoms with E-state index in [2.05, 4.69) is 25.5 Å². The molecule has 0 unspecified atom stereocenters. The zero-order valence-corrected chi connectivity index (χ0v) is 14.2. The summed E-state index contributed by atoms with van der Waals surface area (Å²) in [4.78, 5) is 19.7. The van der Waals surface area contributed by atoms with Crippen LogP contribution in [0.15, 0.2) is 48.8 Å². The molecule has 0 saturated heterocycles. The van der Waals surface area contributed by atoms with Crippen molar-refractivity contribution in [3.63, 3.8) is 0 Å². The number of fused-ring (bicyclic) bond motifs is 2. The van der Waals surface area contributed by atoms with E-state index >= 15 is 0 Å². The van der Waals surface area contributed by atoms with Gasteiger partial charge in [-0.15, -0.1) is 0 Å². The van der Waals surface area contributed by atoms with Crippen LogP contribution in [-0.4, -0.2) is 32.9 Å². The lowest BCUT2D eigenvalue weighted by Gasteiger charge is -2.05. The molecular weight excluding hydrogens is 346 g/mol. The number of benzene rings is 1. The molecule has 8 heteroatoms. The highest BCUT2D eigenvalue weighted by Gasteiger charge is 2.15. The monoisotopic (exact) mass is 367 g/mol. The van der Waals surface area contributed by atoms with Crippen LogP contribution in [0.5, 0.6) is 11.5 Å². The highest BCUT2D eigenvalue weighted by atomic mass is 16.7. The molecule has 4 aromatic rings. The van der Waals surface area contributed by atoms with Gasteiger partial charge in [-0.2, -0.15) is 5.10 Å². The molecule has 4 heterocycles. The third-order valence-electron chi connectivity index (χ3n) is 4.44. The number of aromatic amines is 2. The van der Waals surface area contributed by atoms with E-state index in [1.807, 2.05) is 30.3 Å². The Kier molecular flexibility index (Phi) is 3.53. The van der Waals surface area contributed by atoms with Crippen molar-refractivity contribution in [2.24, 2.45) is 0 Å². The fraction of sp³-hybridized carbons (Fsp3) is 0.105. The van der Waals surface area contributed by atoms with Crippen molar-refractivity contribution in [1.29, 1.82) is 0 Å². The minimum Gasteiger partial charge on any atom is -0.454 e. The Morgan fingerprint density at radius 3 is 3.11 bits per heavy atom. The van der Waals surface area contributed by atoms with Gasteiger partial charge in [0.05, 0.1) is 5.69 Å². The molecule has 0 atom stereocenters. The van der Waals surface area contributed by atoms with E-state index in [1.165, 1.54) is 0 Å². The Balaban J connectivity index is 0.00000107. The third-order valence-corrected chi connectivity index (χ3v) is 4.44. The van der Waals surface area contributed by atoms with Gasteiger partial charge in [-0.05, 0) is 35.9 Å². The molecule has 1 aliphatic heterocycles. The van der Waals surface area contributed by atoms with Crippen molar-refractivity contribution in [2.75, 3.05) is 6.79 Å². The van der Waals surface area contributed by atoms with E-state index in [4.69, 9.17) is 9.47 Å². The first-order valence-corrected chi connectivity index (χ1v) is 8.42. The summed E-state index contributed by atoms with van der Waals surface area (Å²) < 4.78 is 10.6. The van der Waals surface area contributed by atoms with Crippen molar-refractivity contribution in [2.45, 2.75) is 6.54 Å². The van der Waals surface area contributed by atoms with Crippen LogP contribution in [0, 0.1) is 0 Å². The van der Waals surface area contributed by atoms with E-state index in [0.29, 0.717) is 23.6 Å². The Hall–Kier alpha value is -3.81. The number of aromatic nitrogens is 4. The largest absolute Gasteiger partial charge is 0.454 e. The van der Waals surface area contributed by atoms with Crippen LogP contribution in [0.3, 0.4) is 0 Å². The molecule has 140 valence electrons. The van der Waals surface area contributed by atoms with Gasteiger partial charge in [-0.1, -0.05) is 6.07 Å². The van der Waals surface area contributed by atoms with Gasteiger partial charge in [-0.25, -0.2) is 4.98 Å². The highest BCUT2D eigenvalue weighted by molar-refractivity contribution is 5.96. The average molecular weight is 367 g/mol. The van der Waals surface area contributed by atoms with E-state index in [1.54, 1.807) is 18.5 Å². The molecule has 0 saturated carbocycles. The highest BCUT2D eigenvalue weighted by Crippen LogP contribution is 2.32. The number of pyridine rings is 1. The quantitative estimate of drug-likeness (QED) is 0.513. The van der Waals surface area contributed by atoms with Gasteiger partial charge < -0.3 is 19.8 Å². The zero-order valence-electron chi connectivity index (χ0n) is 14.2. The second kappa shape index (κ2) is 6.17. The normalized spacial score (nSPS) is 12.4. The fourth-order valence-corrected chi connectivity index (χ4v) is 3.07. The predicted molar refractivity (Wildman–Crippen MR) is 104 cm³/mol. The van der Waals surface area contributed by atoms with E-state index < -0.39 is 0 Å². The molecule has 0 aliphatic carbocycles. The summed E-state index contributed by atoms with van der Waals surface area (Å²) in [7, 11) is 0. The van der Waals surface area contributed by atoms with E-state index in [-0.39, 0.29) is 17.0 Å². The van der Waals surface area contributed by atoms with Gasteiger partial charge in [0.1, 0.15) is 5.69 Å². The number of rotatable bonds is 4. The summed E-state index contributed by atoms with van der Waals surface area (Å²) in [6.07, 6.45) is 3.47. The number of carbonyl (C=O) groups excluding carboxylic acids is 1. The third kappa shape index (κ3) is 2.77. The number of amides is 1. The minimum absolute atomic E-state index is 0. The maximum Gasteiger partial charge on any atom is 0.267 e. The van der Waals surface area contributed by atoms with Crippen LogP contribution in [0.4, 0.5) is 0 Å². The van der Waals surface area contributed by atoms with Crippen LogP contribution in [0.1, 0.15) is 20.3 Å². The van der Waals surface area contributed by atoms with Crippen LogP contribution in [0.25, 0.3) is 22.3 Å². The number of H-pyrrole nitrogens is 2. The van der Waals surface area contributed by atoms with E-state index in [9.17, 15) is 4.79 Å². The summed E-state index contributed by atoms with van der Waals surface area (Å²) in [5.74, 6) is 1.23. The number of nitrogens with zero attached hydrogens (tertiary/aromatic N) is 2. The van der Waals surface area contributed by atoms with Gasteiger partial charge in [0.15, 0.2) is 17.1 Å². The second-order valence-corrected chi connectivity index (χ2v) is 6.15. The molecule has 0 fully saturated rings. The smallest absolute Gasteiger partial charge is 0.267 e. The lowest BCUT2D eigenvalue weighted by Crippen LogP contribution is -2.22. The van der Waals surface area contributed by atoms with Crippen LogP contribution >= 0.6 is 0 Å². The van der Waals surface area contributed by atoms with Gasteiger partial charge >= 0.3 is 0 Å². The number of hydrogen-bond acceptors (Lipinski definition) is 5. The lowest BCUT2D eigenvalue weighted by molar-refractivity contribution is 0.0946. The average Bonchev–Trinajstić information content (AvgIpc) is 3.43. The molecule has 3 aromatic heterocycles. The van der Waals surface area contributed by atoms with Crippen LogP contribution in [0.2, 0.25) is 0 Å². The second-order valence-electron chi connectivity index (χ2n) is 6.15. The lowest BCUT2D eigenvalue weighted by atomic mass is 10.1. The SMILES string of the molecule is O=C(NCc1ccc2c(c1)OCO2)c1cc(-c2[nH]nc3ncccc23)c[nH]1.[HH].[HH].[HH]. The van der Waals surface area contributed by atoms with Crippen molar-refractivity contribution >= 4 is 16.9 Å². The number of hydrogen-bond donors (Lipinski definition) is 3. The number of nitrogens with one attached hydrogen (secondary N) is 3. The predicted octanol–water partition coefficient (Wildman–Crippen LogP) is 3.35. The first-order chi connectivity index (χ1) is 13.3. The molecule has 5 rings (SSSR count). The standard InChI is InChI=1S/C19H15N5O3.3H2/c25-19(22-8-11-3-4-15-16(6-11)27-10-26-15)14-7-12(9-21-14)17-13-2-1-5-20-18(13)24-23-17;;;/h1-7,9,21H,8,10H2,(H,22,25)(H,20,23,24);3*1H. The molecule has 27 heavy (non-hydrogen) atoms. The Morgan fingerprint density at radius 2 is 2.15 bits per heavy atom. The Labute approximate surface area is 158 Å². The summed E-state index contributed by atoms with van der Waals surface area (Å²) in [5, 5.41) is 11.0. The van der Waals surface area contributed by atoms with Crippen molar-refractivity contribution in [1.82, 2.24) is 25.5 Å². The Morgan fingerprint density at radius 1 is 1.22 bits per heavy atom. The summed E-state index contributed by atoms with van der Waals surface area (Å²) in [5.41, 5.74) is 3.72. The van der Waals surface area contributed by atoms with Gasteiger partial charge in [0.2, 0.25) is 6.79 Å². The summed E-state index contributed by atoms with van der Waals surface area (Å²) in [6.45, 7) is 0.620. The molecule has 8 nitrogen and oxygen atoms in total. The maximum absolute atomic E-state index is 12.5. The van der Waals surface area contributed by atoms with Crippen molar-refractivity contribution < 1.29 is 18.5 Å². The zero-order chi connectivity index (χ0) is 18.2. The molecular formula is C19H21N5O3. The van der Waals surface area contributed by atoms with Crippen LogP contribution < -0.4 is 14.8 Å². The summed E-state index contributed by atoms with van der Waals surface area (Å²) in [6, 6.07) is 11.2. The van der Waals surface area contributed by atoms with E-state index in [0.717, 1.165) is 28.0 Å². The maximum atomic E-state index is 12.5. The molecule has 0 bridgehead atoms. The van der Waals surface area contributed by atoms with Gasteiger partial charge in [0.25, 0.3) is 5.91 Å². The fourth-order valence-electron chi connectivity index (χ4n) is 3.07. The summed E-state index contributed by atoms with van der Waals surface area (Å²) >= 11 is 0. The van der Waals surface area contributed by atoms with Crippen LogP contribution in [-0.2, 0) is 6.54 Å². The number of ether oxygens (including phenoxy) is 2. The molecule has 3 N–H and O–H groups in total. The molecule has 0 radical (unpaired) electrons. The van der Waals surface area contributed by atoms with Crippen molar-refractivity contribution in [3.8, 4) is 22.8 Å². The molecule has 1 aromatic carbocycles. The molecule has 1 amide bonds. The first-order valence-electron chi connectivity index (χ1n) is 8.42. The number of carbonyl (C=O) groups is 1. The van der Waals surface area contributed by atoms with Crippen molar-refractivity contribution in [3.05, 3.63) is 60.0 Å². The Bertz CT molecular complexity index is 1160. The van der Waals surface area contributed by atoms with Gasteiger partial charge in [0, 0.05) is 34.2 Å². The molecule has 1 aliphatic rings. The minimum atomic E-state index is -0.194. The van der Waals surface area contributed by atoms with Gasteiger partial charge in [-0.3, -0.25) is 9.89 Å². The topological polar surface area (TPSA) is 105 Å².